The Balaban J connectivity index is 2.67. The number of hydrogen-bond donors (Lipinski definition) is 1. The molecule has 0 aliphatic carbocycles. The molecule has 78 valence electrons. The molecule has 0 saturated carbocycles. The van der Waals surface area contributed by atoms with Crippen LogP contribution in [-0.4, -0.2) is 42.8 Å². The molecular weight excluding hydrogens is 181 g/mol. The highest BCUT2D eigenvalue weighted by Gasteiger charge is 2.45. The van der Waals surface area contributed by atoms with Gasteiger partial charge in [0.15, 0.2) is 0 Å². The van der Waals surface area contributed by atoms with Crippen molar-refractivity contribution in [1.82, 2.24) is 10.2 Å². The van der Waals surface area contributed by atoms with Gasteiger partial charge in [0.25, 0.3) is 0 Å². The molecule has 0 unspecified atom stereocenters. The van der Waals surface area contributed by atoms with Crippen molar-refractivity contribution in [2.24, 2.45) is 0 Å². The van der Waals surface area contributed by atoms with Gasteiger partial charge in [-0.1, -0.05) is 0 Å². The summed E-state index contributed by atoms with van der Waals surface area (Å²) in [6, 6.07) is -1.37. The molecule has 0 radical (unpaired) electrons. The monoisotopic (exact) mass is 196 g/mol. The molecule has 1 aliphatic heterocycles. The van der Waals surface area contributed by atoms with Crippen molar-refractivity contribution in [2.45, 2.75) is 32.1 Å². The molecule has 2 nitrogen and oxygen atoms in total. The Bertz CT molecular complexity index is 167. The topological polar surface area (TPSA) is 15.3 Å². The van der Waals surface area contributed by atoms with Crippen molar-refractivity contribution in [1.29, 1.82) is 0 Å². The SMILES string of the molecule is CC(C)N1CCNC[C@@H]1C(F)(F)F. The van der Waals surface area contributed by atoms with E-state index in [1.54, 1.807) is 13.8 Å². The number of hydrogen-bond acceptors (Lipinski definition) is 2. The van der Waals surface area contributed by atoms with Crippen LogP contribution in [0, 0.1) is 0 Å². The van der Waals surface area contributed by atoms with Gasteiger partial charge in [-0.15, -0.1) is 0 Å². The average molecular weight is 196 g/mol. The molecule has 0 aromatic carbocycles. The van der Waals surface area contributed by atoms with Crippen molar-refractivity contribution >= 4 is 0 Å². The summed E-state index contributed by atoms with van der Waals surface area (Å²) in [6.45, 7) is 4.72. The molecule has 5 heteroatoms. The Morgan fingerprint density at radius 2 is 2.00 bits per heavy atom. The molecule has 13 heavy (non-hydrogen) atoms. The molecule has 0 aromatic rings. The van der Waals surface area contributed by atoms with Gasteiger partial charge in [-0.2, -0.15) is 13.2 Å². The van der Waals surface area contributed by atoms with E-state index < -0.39 is 12.2 Å². The highest BCUT2D eigenvalue weighted by atomic mass is 19.4. The Hall–Kier alpha value is -0.290. The van der Waals surface area contributed by atoms with Crippen LogP contribution in [0.25, 0.3) is 0 Å². The first kappa shape index (κ1) is 10.8. The van der Waals surface area contributed by atoms with E-state index in [1.807, 2.05) is 0 Å². The number of alkyl halides is 3. The Morgan fingerprint density at radius 1 is 1.38 bits per heavy atom. The van der Waals surface area contributed by atoms with Gasteiger partial charge in [-0.25, -0.2) is 0 Å². The molecule has 0 aromatic heterocycles. The van der Waals surface area contributed by atoms with Crippen molar-refractivity contribution in [3.63, 3.8) is 0 Å². The van der Waals surface area contributed by atoms with Gasteiger partial charge in [-0.3, -0.25) is 4.90 Å². The van der Waals surface area contributed by atoms with Crippen LogP contribution in [-0.2, 0) is 0 Å². The first-order chi connectivity index (χ1) is 5.93. The highest BCUT2D eigenvalue weighted by Crippen LogP contribution is 2.26. The molecule has 1 rings (SSSR count). The minimum absolute atomic E-state index is 0.0156. The first-order valence-corrected chi connectivity index (χ1v) is 4.46. The summed E-state index contributed by atoms with van der Waals surface area (Å²) in [5.41, 5.74) is 0. The summed E-state index contributed by atoms with van der Waals surface area (Å²) in [5, 5.41) is 2.76. The lowest BCUT2D eigenvalue weighted by Crippen LogP contribution is -2.59. The first-order valence-electron chi connectivity index (χ1n) is 4.46. The molecule has 0 bridgehead atoms. The van der Waals surface area contributed by atoms with Crippen LogP contribution in [0.3, 0.4) is 0 Å². The molecule has 1 atom stereocenters. The fraction of sp³-hybridized carbons (Fsp3) is 1.00. The van der Waals surface area contributed by atoms with Gasteiger partial charge in [0.2, 0.25) is 0 Å². The van der Waals surface area contributed by atoms with Crippen molar-refractivity contribution < 1.29 is 13.2 Å². The standard InChI is InChI=1S/C8H15F3N2/c1-6(2)13-4-3-12-5-7(13)8(9,10)11/h6-7,12H,3-5H2,1-2H3/t7-/m1/s1. The average Bonchev–Trinajstić information content (AvgIpc) is 2.03. The van der Waals surface area contributed by atoms with Crippen molar-refractivity contribution in [3.05, 3.63) is 0 Å². The zero-order chi connectivity index (χ0) is 10.1. The third-order valence-electron chi connectivity index (χ3n) is 2.33. The highest BCUT2D eigenvalue weighted by molar-refractivity contribution is 4.86. The van der Waals surface area contributed by atoms with E-state index in [-0.39, 0.29) is 12.6 Å². The summed E-state index contributed by atoms with van der Waals surface area (Å²) in [6.07, 6.45) is -4.11. The number of rotatable bonds is 1. The normalized spacial score (nSPS) is 26.8. The van der Waals surface area contributed by atoms with E-state index in [2.05, 4.69) is 5.32 Å². The molecule has 1 saturated heterocycles. The van der Waals surface area contributed by atoms with Crippen LogP contribution in [0.4, 0.5) is 13.2 Å². The van der Waals surface area contributed by atoms with Gasteiger partial charge in [0.1, 0.15) is 6.04 Å². The largest absolute Gasteiger partial charge is 0.405 e. The lowest BCUT2D eigenvalue weighted by Gasteiger charge is -2.39. The Morgan fingerprint density at radius 3 is 2.38 bits per heavy atom. The molecule has 1 aliphatic rings. The van der Waals surface area contributed by atoms with Gasteiger partial charge in [0, 0.05) is 25.7 Å². The maximum Gasteiger partial charge on any atom is 0.405 e. The maximum absolute atomic E-state index is 12.5. The van der Waals surface area contributed by atoms with E-state index in [0.717, 1.165) is 0 Å². The molecule has 0 amide bonds. The van der Waals surface area contributed by atoms with Crippen molar-refractivity contribution in [2.75, 3.05) is 19.6 Å². The van der Waals surface area contributed by atoms with Crippen LogP contribution in [0.5, 0.6) is 0 Å². The van der Waals surface area contributed by atoms with Gasteiger partial charge in [-0.05, 0) is 13.8 Å². The summed E-state index contributed by atoms with van der Waals surface area (Å²) in [5.74, 6) is 0. The second-order valence-electron chi connectivity index (χ2n) is 3.59. The number of nitrogens with one attached hydrogen (secondary N) is 1. The lowest BCUT2D eigenvalue weighted by atomic mass is 10.1. The molecule has 1 fully saturated rings. The zero-order valence-electron chi connectivity index (χ0n) is 7.86. The summed E-state index contributed by atoms with van der Waals surface area (Å²) in [7, 11) is 0. The van der Waals surface area contributed by atoms with Crippen LogP contribution >= 0.6 is 0 Å². The van der Waals surface area contributed by atoms with Crippen LogP contribution in [0.1, 0.15) is 13.8 Å². The molecular formula is C8H15F3N2. The van der Waals surface area contributed by atoms with E-state index in [1.165, 1.54) is 4.90 Å². The zero-order valence-corrected chi connectivity index (χ0v) is 7.86. The van der Waals surface area contributed by atoms with E-state index >= 15 is 0 Å². The van der Waals surface area contributed by atoms with E-state index in [9.17, 15) is 13.2 Å². The number of halogens is 3. The summed E-state index contributed by atoms with van der Waals surface area (Å²) < 4.78 is 37.4. The van der Waals surface area contributed by atoms with Crippen LogP contribution in [0.15, 0.2) is 0 Å². The van der Waals surface area contributed by atoms with E-state index in [4.69, 9.17) is 0 Å². The Labute approximate surface area is 76.1 Å². The predicted molar refractivity (Wildman–Crippen MR) is 44.6 cm³/mol. The minimum Gasteiger partial charge on any atom is -0.314 e. The van der Waals surface area contributed by atoms with Gasteiger partial charge in [0.05, 0.1) is 0 Å². The third-order valence-corrected chi connectivity index (χ3v) is 2.33. The van der Waals surface area contributed by atoms with Crippen LogP contribution < -0.4 is 5.32 Å². The quantitative estimate of drug-likeness (QED) is 0.678. The predicted octanol–water partition coefficient (Wildman–Crippen LogP) is 1.23. The minimum atomic E-state index is -4.11. The number of piperazine rings is 1. The van der Waals surface area contributed by atoms with Crippen molar-refractivity contribution in [3.8, 4) is 0 Å². The number of nitrogens with zero attached hydrogens (tertiary/aromatic N) is 1. The van der Waals surface area contributed by atoms with Gasteiger partial charge < -0.3 is 5.32 Å². The van der Waals surface area contributed by atoms with Gasteiger partial charge >= 0.3 is 6.18 Å². The molecule has 0 spiro atoms. The Kier molecular flexibility index (Phi) is 3.18. The smallest absolute Gasteiger partial charge is 0.314 e. The summed E-state index contributed by atoms with van der Waals surface area (Å²) >= 11 is 0. The third kappa shape index (κ3) is 2.57. The molecule has 1 heterocycles. The van der Waals surface area contributed by atoms with E-state index in [0.29, 0.717) is 13.1 Å². The fourth-order valence-electron chi connectivity index (χ4n) is 1.64. The lowest BCUT2D eigenvalue weighted by molar-refractivity contribution is -0.191. The summed E-state index contributed by atoms with van der Waals surface area (Å²) in [4.78, 5) is 1.50. The second kappa shape index (κ2) is 3.84. The van der Waals surface area contributed by atoms with Crippen LogP contribution in [0.2, 0.25) is 0 Å². The fourth-order valence-corrected chi connectivity index (χ4v) is 1.64. The maximum atomic E-state index is 12.5. The second-order valence-corrected chi connectivity index (χ2v) is 3.59. The molecule has 1 N–H and O–H groups in total.